The van der Waals surface area contributed by atoms with Crippen LogP contribution in [-0.2, 0) is 16.7 Å². The van der Waals surface area contributed by atoms with Crippen LogP contribution in [-0.4, -0.2) is 30.7 Å². The van der Waals surface area contributed by atoms with Gasteiger partial charge in [0.05, 0.1) is 25.5 Å². The molecule has 0 aliphatic carbocycles. The lowest BCUT2D eigenvalue weighted by Crippen LogP contribution is -2.32. The molecule has 0 saturated carbocycles. The maximum absolute atomic E-state index is 6.21. The van der Waals surface area contributed by atoms with Gasteiger partial charge in [-0.3, -0.25) is 4.90 Å². The molecule has 3 nitrogen and oxygen atoms in total. The molecule has 1 fully saturated rings. The standard InChI is InChI=1S/C23H33NO2/c1-5-12-24(15-19-9-8-13-25-19)16-20-14-18(17-26-20)21-10-6-7-11-22(21)23(2,3)4/h6-11,13,18,20H,5,12,14-17H2,1-4H3. The third kappa shape index (κ3) is 4.77. The van der Waals surface area contributed by atoms with Crippen molar-refractivity contribution in [2.45, 2.75) is 64.5 Å². The minimum Gasteiger partial charge on any atom is -0.468 e. The van der Waals surface area contributed by atoms with Crippen molar-refractivity contribution in [3.8, 4) is 0 Å². The van der Waals surface area contributed by atoms with Crippen molar-refractivity contribution >= 4 is 0 Å². The first-order valence-electron chi connectivity index (χ1n) is 9.93. The fourth-order valence-electron chi connectivity index (χ4n) is 4.05. The van der Waals surface area contributed by atoms with Gasteiger partial charge in [0.15, 0.2) is 0 Å². The molecule has 1 aromatic carbocycles. The molecular weight excluding hydrogens is 322 g/mol. The second kappa shape index (κ2) is 8.41. The molecule has 142 valence electrons. The maximum atomic E-state index is 6.21. The molecule has 1 aliphatic rings. The number of furan rings is 1. The van der Waals surface area contributed by atoms with Gasteiger partial charge < -0.3 is 9.15 Å². The Kier molecular flexibility index (Phi) is 6.20. The second-order valence-corrected chi connectivity index (χ2v) is 8.54. The fourth-order valence-corrected chi connectivity index (χ4v) is 4.05. The van der Waals surface area contributed by atoms with Crippen LogP contribution in [0.15, 0.2) is 47.1 Å². The molecule has 0 radical (unpaired) electrons. The summed E-state index contributed by atoms with van der Waals surface area (Å²) in [6.07, 6.45) is 4.30. The maximum Gasteiger partial charge on any atom is 0.117 e. The Balaban J connectivity index is 1.65. The summed E-state index contributed by atoms with van der Waals surface area (Å²) in [5.74, 6) is 1.54. The first kappa shape index (κ1) is 19.2. The van der Waals surface area contributed by atoms with Crippen LogP contribution in [0.25, 0.3) is 0 Å². The van der Waals surface area contributed by atoms with Gasteiger partial charge in [0.1, 0.15) is 5.76 Å². The third-order valence-electron chi connectivity index (χ3n) is 5.25. The van der Waals surface area contributed by atoms with E-state index in [9.17, 15) is 0 Å². The molecule has 2 unspecified atom stereocenters. The molecule has 2 heterocycles. The summed E-state index contributed by atoms with van der Waals surface area (Å²) in [5.41, 5.74) is 3.09. The number of benzene rings is 1. The minimum atomic E-state index is 0.169. The summed E-state index contributed by atoms with van der Waals surface area (Å²) >= 11 is 0. The first-order valence-corrected chi connectivity index (χ1v) is 9.93. The minimum absolute atomic E-state index is 0.169. The number of hydrogen-bond acceptors (Lipinski definition) is 3. The summed E-state index contributed by atoms with van der Waals surface area (Å²) in [6, 6.07) is 12.9. The van der Waals surface area contributed by atoms with E-state index in [4.69, 9.17) is 9.15 Å². The normalized spacial score (nSPS) is 20.8. The predicted molar refractivity (Wildman–Crippen MR) is 107 cm³/mol. The van der Waals surface area contributed by atoms with Gasteiger partial charge in [0, 0.05) is 12.5 Å². The highest BCUT2D eigenvalue weighted by Crippen LogP contribution is 2.36. The molecular formula is C23H33NO2. The van der Waals surface area contributed by atoms with Crippen molar-refractivity contribution in [1.82, 2.24) is 4.90 Å². The van der Waals surface area contributed by atoms with E-state index in [0.29, 0.717) is 12.0 Å². The van der Waals surface area contributed by atoms with Gasteiger partial charge in [0.25, 0.3) is 0 Å². The summed E-state index contributed by atoms with van der Waals surface area (Å²) in [7, 11) is 0. The van der Waals surface area contributed by atoms with Crippen LogP contribution < -0.4 is 0 Å². The highest BCUT2D eigenvalue weighted by molar-refractivity contribution is 5.36. The summed E-state index contributed by atoms with van der Waals surface area (Å²) in [5, 5.41) is 0. The Morgan fingerprint density at radius 1 is 1.12 bits per heavy atom. The van der Waals surface area contributed by atoms with Gasteiger partial charge >= 0.3 is 0 Å². The molecule has 26 heavy (non-hydrogen) atoms. The van der Waals surface area contributed by atoms with Crippen LogP contribution in [0.5, 0.6) is 0 Å². The Morgan fingerprint density at radius 3 is 2.62 bits per heavy atom. The second-order valence-electron chi connectivity index (χ2n) is 8.54. The zero-order valence-corrected chi connectivity index (χ0v) is 16.7. The van der Waals surface area contributed by atoms with Crippen molar-refractivity contribution in [3.63, 3.8) is 0 Å². The first-order chi connectivity index (χ1) is 12.5. The SMILES string of the molecule is CCCN(Cc1ccco1)CC1CC(c2ccccc2C(C)(C)C)CO1. The smallest absolute Gasteiger partial charge is 0.117 e. The zero-order chi connectivity index (χ0) is 18.6. The van der Waals surface area contributed by atoms with E-state index in [1.807, 2.05) is 6.07 Å². The van der Waals surface area contributed by atoms with Gasteiger partial charge in [-0.1, -0.05) is 52.0 Å². The van der Waals surface area contributed by atoms with Crippen molar-refractivity contribution in [1.29, 1.82) is 0 Å². The van der Waals surface area contributed by atoms with Gasteiger partial charge in [-0.05, 0) is 48.1 Å². The topological polar surface area (TPSA) is 25.6 Å². The van der Waals surface area contributed by atoms with Crippen molar-refractivity contribution in [3.05, 3.63) is 59.5 Å². The van der Waals surface area contributed by atoms with E-state index >= 15 is 0 Å². The third-order valence-corrected chi connectivity index (χ3v) is 5.25. The zero-order valence-electron chi connectivity index (χ0n) is 16.7. The molecule has 3 rings (SSSR count). The average molecular weight is 356 g/mol. The van der Waals surface area contributed by atoms with Crippen LogP contribution in [0.4, 0.5) is 0 Å². The molecule has 0 amide bonds. The van der Waals surface area contributed by atoms with Gasteiger partial charge in [-0.25, -0.2) is 0 Å². The van der Waals surface area contributed by atoms with Crippen LogP contribution in [0.1, 0.15) is 63.3 Å². The van der Waals surface area contributed by atoms with Crippen molar-refractivity contribution in [2.24, 2.45) is 0 Å². The van der Waals surface area contributed by atoms with Crippen LogP contribution in [0, 0.1) is 0 Å². The predicted octanol–water partition coefficient (Wildman–Crippen LogP) is 5.36. The highest BCUT2D eigenvalue weighted by Gasteiger charge is 2.31. The Bertz CT molecular complexity index is 672. The molecule has 0 bridgehead atoms. The summed E-state index contributed by atoms with van der Waals surface area (Å²) in [4.78, 5) is 2.46. The van der Waals surface area contributed by atoms with Gasteiger partial charge in [-0.2, -0.15) is 0 Å². The number of hydrogen-bond donors (Lipinski definition) is 0. The van der Waals surface area contributed by atoms with E-state index in [1.165, 1.54) is 11.1 Å². The Morgan fingerprint density at radius 2 is 1.92 bits per heavy atom. The van der Waals surface area contributed by atoms with Crippen molar-refractivity contribution < 1.29 is 9.15 Å². The molecule has 2 aromatic rings. The van der Waals surface area contributed by atoms with Crippen LogP contribution in [0.2, 0.25) is 0 Å². The Labute approximate surface area is 158 Å². The molecule has 3 heteroatoms. The largest absolute Gasteiger partial charge is 0.468 e. The summed E-state index contributed by atoms with van der Waals surface area (Å²) in [6.45, 7) is 12.9. The highest BCUT2D eigenvalue weighted by atomic mass is 16.5. The lowest BCUT2D eigenvalue weighted by Gasteiger charge is -2.26. The molecule has 0 N–H and O–H groups in total. The average Bonchev–Trinajstić information content (AvgIpc) is 3.26. The number of rotatable bonds is 7. The van der Waals surface area contributed by atoms with Gasteiger partial charge in [-0.15, -0.1) is 0 Å². The molecule has 2 atom stereocenters. The fraction of sp³-hybridized carbons (Fsp3) is 0.565. The quantitative estimate of drug-likeness (QED) is 0.668. The van der Waals surface area contributed by atoms with E-state index in [0.717, 1.165) is 44.8 Å². The van der Waals surface area contributed by atoms with Gasteiger partial charge in [0.2, 0.25) is 0 Å². The van der Waals surface area contributed by atoms with Crippen LogP contribution in [0.3, 0.4) is 0 Å². The summed E-state index contributed by atoms with van der Waals surface area (Å²) < 4.78 is 11.7. The molecule has 0 spiro atoms. The number of nitrogens with zero attached hydrogens (tertiary/aromatic N) is 1. The van der Waals surface area contributed by atoms with E-state index < -0.39 is 0 Å². The lowest BCUT2D eigenvalue weighted by atomic mass is 9.79. The molecule has 1 aliphatic heterocycles. The molecule has 1 saturated heterocycles. The molecule has 1 aromatic heterocycles. The van der Waals surface area contributed by atoms with E-state index in [2.05, 4.69) is 62.9 Å². The van der Waals surface area contributed by atoms with E-state index in [-0.39, 0.29) is 5.41 Å². The van der Waals surface area contributed by atoms with E-state index in [1.54, 1.807) is 6.26 Å². The lowest BCUT2D eigenvalue weighted by molar-refractivity contribution is 0.0676. The van der Waals surface area contributed by atoms with Crippen LogP contribution >= 0.6 is 0 Å². The Hall–Kier alpha value is -1.58. The monoisotopic (exact) mass is 355 g/mol. The number of ether oxygens (including phenoxy) is 1. The van der Waals surface area contributed by atoms with Crippen molar-refractivity contribution in [2.75, 3.05) is 19.7 Å².